The number of carbonyl (C=O) groups excluding carboxylic acids is 1. The lowest BCUT2D eigenvalue weighted by molar-refractivity contribution is 0.193. The topological polar surface area (TPSA) is 46.3 Å². The van der Waals surface area contributed by atoms with Gasteiger partial charge in [-0.15, -0.1) is 0 Å². The van der Waals surface area contributed by atoms with Crippen LogP contribution in [0.5, 0.6) is 0 Å². The molecule has 0 aliphatic carbocycles. The normalized spacial score (nSPS) is 12.6. The number of hydrogen-bond acceptors (Lipinski definition) is 1. The van der Waals surface area contributed by atoms with E-state index >= 15 is 0 Å². The van der Waals surface area contributed by atoms with Crippen LogP contribution in [0.4, 0.5) is 4.79 Å². The minimum Gasteiger partial charge on any atom is -0.351 e. The zero-order chi connectivity index (χ0) is 12.4. The van der Waals surface area contributed by atoms with E-state index in [1.807, 2.05) is 6.08 Å². The Morgan fingerprint density at radius 2 is 2.19 bits per heavy atom. The number of amides is 2. The number of allylic oxidation sites excluding steroid dienone is 3. The minimum absolute atomic E-state index is 0.279. The van der Waals surface area contributed by atoms with Crippen molar-refractivity contribution in [1.29, 1.82) is 0 Å². The molecule has 0 aliphatic heterocycles. The number of carbonyl (C=O) groups is 1. The molecule has 0 saturated heterocycles. The highest BCUT2D eigenvalue weighted by molar-refractivity contribution is 5.71. The molecule has 0 spiro atoms. The van der Waals surface area contributed by atoms with Gasteiger partial charge in [-0.05, 0) is 25.7 Å². The van der Waals surface area contributed by atoms with E-state index in [2.05, 4.69) is 19.6 Å². The van der Waals surface area contributed by atoms with Crippen molar-refractivity contribution >= 4 is 6.03 Å². The summed E-state index contributed by atoms with van der Waals surface area (Å²) < 4.78 is 0. The van der Waals surface area contributed by atoms with Gasteiger partial charge in [-0.25, -0.2) is 4.79 Å². The summed E-state index contributed by atoms with van der Waals surface area (Å²) in [5.74, 6) is 0. The summed E-state index contributed by atoms with van der Waals surface area (Å²) in [5.41, 5.74) is 5.25. The summed E-state index contributed by atoms with van der Waals surface area (Å²) in [7, 11) is 1.77. The van der Waals surface area contributed by atoms with E-state index in [-0.39, 0.29) is 12.1 Å². The Morgan fingerprint density at radius 1 is 1.50 bits per heavy atom. The van der Waals surface area contributed by atoms with Crippen molar-refractivity contribution in [1.82, 2.24) is 4.90 Å². The lowest BCUT2D eigenvalue weighted by atomic mass is 10.0. The van der Waals surface area contributed by atoms with Gasteiger partial charge in [0.2, 0.25) is 0 Å². The summed E-state index contributed by atoms with van der Waals surface area (Å²) in [6.07, 6.45) is 11.2. The fraction of sp³-hybridized carbons (Fsp3) is 0.615. The molecule has 0 bridgehead atoms. The maximum atomic E-state index is 11.0. The van der Waals surface area contributed by atoms with Crippen LogP contribution in [-0.2, 0) is 0 Å². The SMILES string of the molecule is C=CC=CCCCCC(CC)N(C)C(N)=O. The predicted molar refractivity (Wildman–Crippen MR) is 69.2 cm³/mol. The largest absolute Gasteiger partial charge is 0.351 e. The lowest BCUT2D eigenvalue weighted by Crippen LogP contribution is -2.40. The van der Waals surface area contributed by atoms with Crippen LogP contribution in [-0.4, -0.2) is 24.0 Å². The molecule has 3 nitrogen and oxygen atoms in total. The van der Waals surface area contributed by atoms with Crippen molar-refractivity contribution in [2.45, 2.75) is 45.1 Å². The van der Waals surface area contributed by atoms with Crippen LogP contribution in [0.25, 0.3) is 0 Å². The Morgan fingerprint density at radius 3 is 2.69 bits per heavy atom. The molecule has 2 amide bonds. The van der Waals surface area contributed by atoms with Crippen molar-refractivity contribution in [3.63, 3.8) is 0 Å². The number of nitrogens with zero attached hydrogens (tertiary/aromatic N) is 1. The van der Waals surface area contributed by atoms with Crippen LogP contribution in [0.3, 0.4) is 0 Å². The summed E-state index contributed by atoms with van der Waals surface area (Å²) in [6, 6.07) is -0.0562. The van der Waals surface area contributed by atoms with Crippen molar-refractivity contribution in [2.75, 3.05) is 7.05 Å². The Labute approximate surface area is 99.0 Å². The molecule has 1 atom stereocenters. The van der Waals surface area contributed by atoms with Crippen molar-refractivity contribution < 1.29 is 4.79 Å². The Bertz CT molecular complexity index is 236. The Kier molecular flexibility index (Phi) is 8.31. The lowest BCUT2D eigenvalue weighted by Gasteiger charge is -2.25. The highest BCUT2D eigenvalue weighted by atomic mass is 16.2. The Balaban J connectivity index is 3.75. The molecule has 2 N–H and O–H groups in total. The van der Waals surface area contributed by atoms with Gasteiger partial charge in [0.05, 0.1) is 0 Å². The summed E-state index contributed by atoms with van der Waals surface area (Å²) in [5, 5.41) is 0. The average molecular weight is 224 g/mol. The van der Waals surface area contributed by atoms with Gasteiger partial charge in [0, 0.05) is 13.1 Å². The molecule has 0 aromatic rings. The van der Waals surface area contributed by atoms with Crippen LogP contribution < -0.4 is 5.73 Å². The van der Waals surface area contributed by atoms with Crippen LogP contribution in [0.1, 0.15) is 39.0 Å². The van der Waals surface area contributed by atoms with Crippen molar-refractivity contribution in [3.05, 3.63) is 24.8 Å². The van der Waals surface area contributed by atoms with E-state index in [4.69, 9.17) is 5.73 Å². The first-order valence-electron chi connectivity index (χ1n) is 5.93. The van der Waals surface area contributed by atoms with Gasteiger partial charge in [-0.2, -0.15) is 0 Å². The number of primary amides is 1. The van der Waals surface area contributed by atoms with Gasteiger partial charge in [-0.3, -0.25) is 0 Å². The van der Waals surface area contributed by atoms with Gasteiger partial charge in [-0.1, -0.05) is 38.2 Å². The van der Waals surface area contributed by atoms with Gasteiger partial charge in [0.1, 0.15) is 0 Å². The third-order valence-corrected chi connectivity index (χ3v) is 2.80. The first kappa shape index (κ1) is 14.8. The number of unbranched alkanes of at least 4 members (excludes halogenated alkanes) is 2. The van der Waals surface area contributed by atoms with Crippen molar-refractivity contribution in [2.24, 2.45) is 5.73 Å². The van der Waals surface area contributed by atoms with Crippen LogP contribution >= 0.6 is 0 Å². The summed E-state index contributed by atoms with van der Waals surface area (Å²) in [4.78, 5) is 12.6. The van der Waals surface area contributed by atoms with E-state index in [9.17, 15) is 4.79 Å². The van der Waals surface area contributed by atoms with Crippen LogP contribution in [0.2, 0.25) is 0 Å². The number of hydrogen-bond donors (Lipinski definition) is 1. The zero-order valence-electron chi connectivity index (χ0n) is 10.5. The molecule has 0 aromatic carbocycles. The molecule has 16 heavy (non-hydrogen) atoms. The predicted octanol–water partition coefficient (Wildman–Crippen LogP) is 3.08. The number of urea groups is 1. The fourth-order valence-corrected chi connectivity index (χ4v) is 1.69. The molecule has 0 heterocycles. The summed E-state index contributed by atoms with van der Waals surface area (Å²) >= 11 is 0. The van der Waals surface area contributed by atoms with Gasteiger partial charge < -0.3 is 10.6 Å². The molecule has 0 saturated carbocycles. The molecule has 3 heteroatoms. The van der Waals surface area contributed by atoms with E-state index in [1.54, 1.807) is 18.0 Å². The molecule has 0 aliphatic rings. The van der Waals surface area contributed by atoms with Gasteiger partial charge in [0.15, 0.2) is 0 Å². The molecule has 0 aromatic heterocycles. The number of rotatable bonds is 8. The first-order valence-corrected chi connectivity index (χ1v) is 5.93. The van der Waals surface area contributed by atoms with Crippen LogP contribution in [0.15, 0.2) is 24.8 Å². The highest BCUT2D eigenvalue weighted by Gasteiger charge is 2.14. The third-order valence-electron chi connectivity index (χ3n) is 2.80. The van der Waals surface area contributed by atoms with E-state index < -0.39 is 0 Å². The number of nitrogens with two attached hydrogens (primary N) is 1. The van der Waals surface area contributed by atoms with E-state index in [1.165, 1.54) is 0 Å². The zero-order valence-corrected chi connectivity index (χ0v) is 10.5. The second-order valence-corrected chi connectivity index (χ2v) is 3.96. The van der Waals surface area contributed by atoms with Crippen molar-refractivity contribution in [3.8, 4) is 0 Å². The maximum Gasteiger partial charge on any atom is 0.314 e. The molecule has 1 unspecified atom stereocenters. The smallest absolute Gasteiger partial charge is 0.314 e. The molecule has 0 rings (SSSR count). The minimum atomic E-state index is -0.335. The Hall–Kier alpha value is -1.25. The molecular weight excluding hydrogens is 200 g/mol. The monoisotopic (exact) mass is 224 g/mol. The van der Waals surface area contributed by atoms with Crippen LogP contribution in [0, 0.1) is 0 Å². The summed E-state index contributed by atoms with van der Waals surface area (Å²) in [6.45, 7) is 5.70. The molecule has 0 radical (unpaired) electrons. The highest BCUT2D eigenvalue weighted by Crippen LogP contribution is 2.12. The quantitative estimate of drug-likeness (QED) is 0.500. The molecular formula is C13H24N2O. The standard InChI is InChI=1S/C13H24N2O/c1-4-6-7-8-9-10-11-12(5-2)15(3)13(14)16/h4,6-7,12H,1,5,8-11H2,2-3H3,(H2,14,16). The van der Waals surface area contributed by atoms with E-state index in [0.29, 0.717) is 0 Å². The second-order valence-electron chi connectivity index (χ2n) is 3.96. The maximum absolute atomic E-state index is 11.0. The fourth-order valence-electron chi connectivity index (χ4n) is 1.69. The van der Waals surface area contributed by atoms with Gasteiger partial charge >= 0.3 is 6.03 Å². The second kappa shape index (κ2) is 9.01. The molecule has 92 valence electrons. The first-order chi connectivity index (χ1) is 7.63. The average Bonchev–Trinajstić information content (AvgIpc) is 2.27. The third kappa shape index (κ3) is 6.27. The molecule has 0 fully saturated rings. The van der Waals surface area contributed by atoms with Gasteiger partial charge in [0.25, 0.3) is 0 Å². The van der Waals surface area contributed by atoms with E-state index in [0.717, 1.165) is 32.1 Å².